The van der Waals surface area contributed by atoms with Crippen LogP contribution in [0.1, 0.15) is 81.2 Å². The Kier molecular flexibility index (Phi) is 13.2. The molecular weight excluding hydrogens is 546 g/mol. The van der Waals surface area contributed by atoms with Crippen molar-refractivity contribution in [3.8, 4) is 0 Å². The van der Waals surface area contributed by atoms with Gasteiger partial charge in [0.25, 0.3) is 0 Å². The van der Waals surface area contributed by atoms with Crippen LogP contribution in [0.5, 0.6) is 0 Å². The lowest BCUT2D eigenvalue weighted by Gasteiger charge is -2.42. The molecule has 9 nitrogen and oxygen atoms in total. The molecule has 240 valence electrons. The summed E-state index contributed by atoms with van der Waals surface area (Å²) in [7, 11) is 3.17. The van der Waals surface area contributed by atoms with Crippen LogP contribution < -0.4 is 5.32 Å². The highest BCUT2D eigenvalue weighted by Crippen LogP contribution is 2.32. The number of likely N-dealkylation sites (N-methyl/N-ethyl adjacent to an activating group) is 2. The monoisotopic (exact) mass is 599 g/mol. The fraction of sp³-hybridized carbons (Fsp3) is 0.588. The molecule has 0 fully saturated rings. The first kappa shape index (κ1) is 37.4. The molecular formula is C34H53N3O6. The first-order valence-electron chi connectivity index (χ1n) is 14.7. The van der Waals surface area contributed by atoms with Gasteiger partial charge in [-0.25, -0.2) is 9.59 Å². The number of ether oxygens (including phenoxy) is 2. The van der Waals surface area contributed by atoms with E-state index in [4.69, 9.17) is 9.47 Å². The second-order valence-electron chi connectivity index (χ2n) is 13.5. The van der Waals surface area contributed by atoms with Gasteiger partial charge in [-0.3, -0.25) is 14.5 Å². The molecule has 0 aliphatic heterocycles. The first-order valence-corrected chi connectivity index (χ1v) is 14.7. The van der Waals surface area contributed by atoms with Crippen molar-refractivity contribution in [3.05, 3.63) is 60.2 Å². The van der Waals surface area contributed by atoms with Crippen LogP contribution in [-0.4, -0.2) is 78.1 Å². The van der Waals surface area contributed by atoms with E-state index in [1.807, 2.05) is 65.0 Å². The number of carbonyl (C=O) groups excluding carboxylic acids is 4. The van der Waals surface area contributed by atoms with Gasteiger partial charge in [-0.2, -0.15) is 0 Å². The molecule has 0 saturated heterocycles. The zero-order valence-corrected chi connectivity index (χ0v) is 28.2. The van der Waals surface area contributed by atoms with E-state index in [9.17, 15) is 19.2 Å². The van der Waals surface area contributed by atoms with Crippen LogP contribution >= 0.6 is 0 Å². The largest absolute Gasteiger partial charge is 0.463 e. The quantitative estimate of drug-likeness (QED) is 0.189. The van der Waals surface area contributed by atoms with Crippen molar-refractivity contribution in [2.45, 2.75) is 105 Å². The smallest absolute Gasteiger partial charge is 0.410 e. The number of hydrogen-bond acceptors (Lipinski definition) is 6. The van der Waals surface area contributed by atoms with Gasteiger partial charge in [-0.05, 0) is 52.0 Å². The lowest BCUT2D eigenvalue weighted by atomic mass is 9.76. The third kappa shape index (κ3) is 10.6. The van der Waals surface area contributed by atoms with Gasteiger partial charge in [0.05, 0.1) is 12.6 Å². The summed E-state index contributed by atoms with van der Waals surface area (Å²) in [6.07, 6.45) is 3.08. The van der Waals surface area contributed by atoms with Crippen LogP contribution in [0, 0.1) is 5.41 Å². The standard InChI is InChI=1S/C34H53N3O6/c1-14-19-25(22-23(3)30(40)42-15-2)36(12)29(39)26(32(4,5)6)35-28(38)27(37(13)31(41)43-33(7,8)9)34(10,11)24-20-17-16-18-21-24/h14,16-18,20-22,25-27H,1,15,19H2,2-13H3,(H,35,38)/t25-,26+,27+/m0/s1. The van der Waals surface area contributed by atoms with E-state index in [-0.39, 0.29) is 12.5 Å². The number of rotatable bonds is 12. The Bertz CT molecular complexity index is 1160. The van der Waals surface area contributed by atoms with Gasteiger partial charge in [0.15, 0.2) is 0 Å². The lowest BCUT2D eigenvalue weighted by Crippen LogP contribution is -2.63. The molecule has 1 aromatic rings. The fourth-order valence-corrected chi connectivity index (χ4v) is 4.80. The molecule has 0 saturated carbocycles. The van der Waals surface area contributed by atoms with Gasteiger partial charge >= 0.3 is 12.1 Å². The molecule has 43 heavy (non-hydrogen) atoms. The Morgan fingerprint density at radius 2 is 1.51 bits per heavy atom. The van der Waals surface area contributed by atoms with Gasteiger partial charge in [0.1, 0.15) is 17.7 Å². The third-order valence-electron chi connectivity index (χ3n) is 7.21. The Morgan fingerprint density at radius 1 is 0.953 bits per heavy atom. The lowest BCUT2D eigenvalue weighted by molar-refractivity contribution is -0.141. The number of benzene rings is 1. The van der Waals surface area contributed by atoms with Crippen LogP contribution in [0.25, 0.3) is 0 Å². The van der Waals surface area contributed by atoms with E-state index in [2.05, 4.69) is 11.9 Å². The molecule has 0 spiro atoms. The van der Waals surface area contributed by atoms with Crippen molar-refractivity contribution in [3.63, 3.8) is 0 Å². The summed E-state index contributed by atoms with van der Waals surface area (Å²) in [6, 6.07) is 6.95. The summed E-state index contributed by atoms with van der Waals surface area (Å²) < 4.78 is 10.7. The predicted octanol–water partition coefficient (Wildman–Crippen LogP) is 5.64. The second-order valence-corrected chi connectivity index (χ2v) is 13.5. The fourth-order valence-electron chi connectivity index (χ4n) is 4.80. The number of amides is 3. The molecule has 0 bridgehead atoms. The highest BCUT2D eigenvalue weighted by molar-refractivity contribution is 5.93. The Balaban J connectivity index is 3.56. The first-order chi connectivity index (χ1) is 19.7. The SMILES string of the molecule is C=CC[C@@H](C=C(C)C(=O)OCC)N(C)C(=O)[C@@H](NC(=O)[C@@H](N(C)C(=O)OC(C)(C)C)C(C)(C)c1ccccc1)C(C)(C)C. The summed E-state index contributed by atoms with van der Waals surface area (Å²) in [5.41, 5.74) is -1.13. The van der Waals surface area contributed by atoms with E-state index in [0.29, 0.717) is 12.0 Å². The minimum atomic E-state index is -1.03. The molecule has 3 atom stereocenters. The molecule has 0 heterocycles. The molecule has 0 aromatic heterocycles. The second kappa shape index (κ2) is 15.2. The summed E-state index contributed by atoms with van der Waals surface area (Å²) in [4.78, 5) is 56.7. The van der Waals surface area contributed by atoms with Crippen molar-refractivity contribution in [2.75, 3.05) is 20.7 Å². The van der Waals surface area contributed by atoms with Crippen LogP contribution in [0.2, 0.25) is 0 Å². The maximum absolute atomic E-state index is 14.3. The minimum absolute atomic E-state index is 0.237. The highest BCUT2D eigenvalue weighted by atomic mass is 16.6. The Morgan fingerprint density at radius 3 is 1.98 bits per heavy atom. The third-order valence-corrected chi connectivity index (χ3v) is 7.21. The number of carbonyl (C=O) groups is 4. The highest BCUT2D eigenvalue weighted by Gasteiger charge is 2.45. The normalized spacial score (nSPS) is 14.6. The molecule has 0 radical (unpaired) electrons. The predicted molar refractivity (Wildman–Crippen MR) is 170 cm³/mol. The number of esters is 1. The number of nitrogens with one attached hydrogen (secondary N) is 1. The Labute approximate surface area is 258 Å². The summed E-state index contributed by atoms with van der Waals surface area (Å²) in [5.74, 6) is -1.31. The van der Waals surface area contributed by atoms with Crippen molar-refractivity contribution >= 4 is 23.9 Å². The Hall–Kier alpha value is -3.62. The summed E-state index contributed by atoms with van der Waals surface area (Å²) in [6.45, 7) is 22.1. The molecule has 0 aliphatic carbocycles. The summed E-state index contributed by atoms with van der Waals surface area (Å²) >= 11 is 0. The average Bonchev–Trinajstić information content (AvgIpc) is 2.89. The molecule has 0 aliphatic rings. The molecule has 1 aromatic carbocycles. The van der Waals surface area contributed by atoms with E-state index >= 15 is 0 Å². The average molecular weight is 600 g/mol. The number of nitrogens with zero attached hydrogens (tertiary/aromatic N) is 2. The van der Waals surface area contributed by atoms with E-state index in [1.54, 1.807) is 53.8 Å². The maximum Gasteiger partial charge on any atom is 0.410 e. The molecule has 9 heteroatoms. The molecule has 1 N–H and O–H groups in total. The van der Waals surface area contributed by atoms with Crippen LogP contribution in [0.15, 0.2) is 54.6 Å². The van der Waals surface area contributed by atoms with Crippen molar-refractivity contribution < 1.29 is 28.7 Å². The van der Waals surface area contributed by atoms with Crippen LogP contribution in [-0.2, 0) is 29.3 Å². The van der Waals surface area contributed by atoms with Gasteiger partial charge in [-0.1, -0.05) is 77.1 Å². The van der Waals surface area contributed by atoms with Gasteiger partial charge in [-0.15, -0.1) is 6.58 Å². The van der Waals surface area contributed by atoms with Gasteiger partial charge in [0, 0.05) is 25.1 Å². The zero-order chi connectivity index (χ0) is 33.3. The number of hydrogen-bond donors (Lipinski definition) is 1. The van der Waals surface area contributed by atoms with E-state index < -0.39 is 52.5 Å². The van der Waals surface area contributed by atoms with Crippen molar-refractivity contribution in [1.82, 2.24) is 15.1 Å². The maximum atomic E-state index is 14.3. The van der Waals surface area contributed by atoms with E-state index in [0.717, 1.165) is 5.56 Å². The topological polar surface area (TPSA) is 105 Å². The molecule has 1 rings (SSSR count). The van der Waals surface area contributed by atoms with E-state index in [1.165, 1.54) is 16.8 Å². The minimum Gasteiger partial charge on any atom is -0.463 e. The summed E-state index contributed by atoms with van der Waals surface area (Å²) in [5, 5.41) is 2.99. The van der Waals surface area contributed by atoms with Crippen LogP contribution in [0.3, 0.4) is 0 Å². The van der Waals surface area contributed by atoms with Gasteiger partial charge in [0.2, 0.25) is 11.8 Å². The molecule has 3 amide bonds. The van der Waals surface area contributed by atoms with Gasteiger partial charge < -0.3 is 19.7 Å². The van der Waals surface area contributed by atoms with Crippen molar-refractivity contribution in [1.29, 1.82) is 0 Å². The van der Waals surface area contributed by atoms with Crippen molar-refractivity contribution in [2.24, 2.45) is 5.41 Å². The molecule has 0 unspecified atom stereocenters. The zero-order valence-electron chi connectivity index (χ0n) is 28.2. The van der Waals surface area contributed by atoms with Crippen LogP contribution in [0.4, 0.5) is 4.79 Å².